The van der Waals surface area contributed by atoms with Crippen LogP contribution in [0.3, 0.4) is 0 Å². The van der Waals surface area contributed by atoms with E-state index in [9.17, 15) is 4.79 Å². The molecule has 1 aromatic heterocycles. The first-order chi connectivity index (χ1) is 6.50. The Balaban J connectivity index is 2.99. The van der Waals surface area contributed by atoms with Gasteiger partial charge in [-0.15, -0.1) is 0 Å². The Hall–Kier alpha value is -1.36. The van der Waals surface area contributed by atoms with Gasteiger partial charge in [0, 0.05) is 19.5 Å². The second kappa shape index (κ2) is 3.79. The van der Waals surface area contributed by atoms with Crippen LogP contribution in [0.15, 0.2) is 12.4 Å². The number of carbonyl (C=O) groups is 1. The highest BCUT2D eigenvalue weighted by Gasteiger charge is 2.38. The Kier molecular flexibility index (Phi) is 2.90. The second-order valence-corrected chi connectivity index (χ2v) is 3.61. The predicted octanol–water partition coefficient (Wildman–Crippen LogP) is 0.787. The van der Waals surface area contributed by atoms with Crippen LogP contribution in [0.4, 0.5) is 0 Å². The first-order valence-corrected chi connectivity index (χ1v) is 4.25. The first-order valence-electron chi connectivity index (χ1n) is 4.25. The van der Waals surface area contributed by atoms with Gasteiger partial charge in [0.25, 0.3) is 0 Å². The van der Waals surface area contributed by atoms with Crippen LogP contribution in [0.25, 0.3) is 0 Å². The minimum atomic E-state index is -0.992. The molecule has 0 aliphatic carbocycles. The van der Waals surface area contributed by atoms with Gasteiger partial charge < -0.3 is 14.8 Å². The molecule has 0 fully saturated rings. The fraction of sp³-hybridized carbons (Fsp3) is 0.556. The van der Waals surface area contributed by atoms with Crippen molar-refractivity contribution in [1.29, 1.82) is 0 Å². The van der Waals surface area contributed by atoms with Crippen molar-refractivity contribution in [1.82, 2.24) is 9.97 Å². The fourth-order valence-electron chi connectivity index (χ4n) is 1.45. The van der Waals surface area contributed by atoms with E-state index in [4.69, 9.17) is 9.84 Å². The smallest absolute Gasteiger partial charge is 0.333 e. The first kappa shape index (κ1) is 10.7. The van der Waals surface area contributed by atoms with Gasteiger partial charge >= 0.3 is 5.97 Å². The molecule has 0 saturated carbocycles. The zero-order valence-electron chi connectivity index (χ0n) is 8.44. The molecule has 0 aliphatic rings. The van der Waals surface area contributed by atoms with Crippen molar-refractivity contribution in [2.24, 2.45) is 0 Å². The molecule has 1 rings (SSSR count). The molecule has 0 bridgehead atoms. The van der Waals surface area contributed by atoms with Crippen LogP contribution in [0.5, 0.6) is 0 Å². The molecule has 1 heterocycles. The molecule has 0 aliphatic heterocycles. The molecule has 0 radical (unpaired) electrons. The van der Waals surface area contributed by atoms with Crippen LogP contribution in [0.1, 0.15) is 19.7 Å². The maximum Gasteiger partial charge on any atom is 0.333 e. The average Bonchev–Trinajstić information content (AvgIpc) is 2.55. The van der Waals surface area contributed by atoms with E-state index < -0.39 is 17.5 Å². The number of nitrogens with one attached hydrogen (secondary N) is 1. The van der Waals surface area contributed by atoms with E-state index in [1.165, 1.54) is 7.11 Å². The molecule has 5 nitrogen and oxygen atoms in total. The lowest BCUT2D eigenvalue weighted by molar-refractivity contribution is -0.152. The van der Waals surface area contributed by atoms with Crippen molar-refractivity contribution in [3.05, 3.63) is 18.2 Å². The number of aromatic amines is 1. The molecule has 0 saturated heterocycles. The number of methoxy groups -OCH3 is 1. The van der Waals surface area contributed by atoms with Crippen molar-refractivity contribution >= 4 is 5.97 Å². The van der Waals surface area contributed by atoms with E-state index in [-0.39, 0.29) is 0 Å². The minimum absolute atomic E-state index is 0.603. The lowest BCUT2D eigenvalue weighted by Gasteiger charge is -2.27. The molecular formula is C9H14N2O3. The number of imidazole rings is 1. The summed E-state index contributed by atoms with van der Waals surface area (Å²) in [4.78, 5) is 17.8. The summed E-state index contributed by atoms with van der Waals surface area (Å²) >= 11 is 0. The van der Waals surface area contributed by atoms with Crippen LogP contribution in [0, 0.1) is 0 Å². The van der Waals surface area contributed by atoms with Crippen LogP contribution >= 0.6 is 0 Å². The summed E-state index contributed by atoms with van der Waals surface area (Å²) in [6.07, 6.45) is 2.34. The summed E-state index contributed by atoms with van der Waals surface area (Å²) in [7, 11) is 1.38. The lowest BCUT2D eigenvalue weighted by Crippen LogP contribution is -2.42. The number of aromatic nitrogens is 2. The number of aliphatic carboxylic acids is 1. The molecule has 1 aromatic rings. The van der Waals surface area contributed by atoms with Gasteiger partial charge in [-0.05, 0) is 13.8 Å². The number of hydrogen-bond donors (Lipinski definition) is 2. The molecule has 78 valence electrons. The summed E-state index contributed by atoms with van der Waals surface area (Å²) < 4.78 is 4.94. The Morgan fingerprint density at radius 1 is 1.71 bits per heavy atom. The Labute approximate surface area is 82.1 Å². The number of carboxylic acids is 1. The van der Waals surface area contributed by atoms with Gasteiger partial charge in [-0.3, -0.25) is 0 Å². The summed E-state index contributed by atoms with van der Waals surface area (Å²) in [5, 5.41) is 8.94. The number of ether oxygens (including phenoxy) is 1. The Morgan fingerprint density at radius 2 is 2.36 bits per heavy atom. The van der Waals surface area contributed by atoms with Crippen molar-refractivity contribution in [2.75, 3.05) is 7.11 Å². The normalized spacial score (nSPS) is 13.9. The number of carboxylic acid groups (broad SMARTS) is 1. The van der Waals surface area contributed by atoms with Gasteiger partial charge in [0.2, 0.25) is 0 Å². The van der Waals surface area contributed by atoms with E-state index >= 15 is 0 Å². The highest BCUT2D eigenvalue weighted by molar-refractivity contribution is 5.74. The van der Waals surface area contributed by atoms with E-state index in [2.05, 4.69) is 9.97 Å². The molecule has 0 amide bonds. The van der Waals surface area contributed by atoms with Gasteiger partial charge in [0.05, 0.1) is 5.41 Å². The Bertz CT molecular complexity index is 306. The molecule has 0 aromatic carbocycles. The zero-order chi connectivity index (χ0) is 10.8. The van der Waals surface area contributed by atoms with E-state index in [1.807, 2.05) is 0 Å². The van der Waals surface area contributed by atoms with Crippen molar-refractivity contribution in [2.45, 2.75) is 25.4 Å². The van der Waals surface area contributed by atoms with Crippen LogP contribution in [-0.4, -0.2) is 34.3 Å². The highest BCUT2D eigenvalue weighted by atomic mass is 16.5. The molecule has 2 N–H and O–H groups in total. The van der Waals surface area contributed by atoms with Crippen LogP contribution in [0.2, 0.25) is 0 Å². The second-order valence-electron chi connectivity index (χ2n) is 3.61. The van der Waals surface area contributed by atoms with Crippen molar-refractivity contribution in [3.8, 4) is 0 Å². The number of rotatable bonds is 4. The van der Waals surface area contributed by atoms with Gasteiger partial charge in [-0.1, -0.05) is 0 Å². The maximum absolute atomic E-state index is 10.9. The predicted molar refractivity (Wildman–Crippen MR) is 50.0 cm³/mol. The molecular weight excluding hydrogens is 184 g/mol. The van der Waals surface area contributed by atoms with Crippen molar-refractivity contribution in [3.63, 3.8) is 0 Å². The Morgan fingerprint density at radius 3 is 2.71 bits per heavy atom. The lowest BCUT2D eigenvalue weighted by atomic mass is 9.85. The van der Waals surface area contributed by atoms with Gasteiger partial charge in [-0.25, -0.2) is 9.78 Å². The molecule has 1 atom stereocenters. The third-order valence-corrected chi connectivity index (χ3v) is 2.22. The molecule has 5 heteroatoms. The van der Waals surface area contributed by atoms with E-state index in [1.54, 1.807) is 26.2 Å². The zero-order valence-corrected chi connectivity index (χ0v) is 8.44. The van der Waals surface area contributed by atoms with E-state index in [0.29, 0.717) is 5.82 Å². The number of hydrogen-bond acceptors (Lipinski definition) is 3. The summed E-state index contributed by atoms with van der Waals surface area (Å²) in [5.41, 5.74) is -0.677. The third kappa shape index (κ3) is 1.77. The topological polar surface area (TPSA) is 75.2 Å². The molecule has 1 unspecified atom stereocenters. The van der Waals surface area contributed by atoms with Gasteiger partial charge in [0.1, 0.15) is 5.82 Å². The maximum atomic E-state index is 10.9. The standard InChI is InChI=1S/C9H14N2O3/c1-9(2,6(14-3)7(12)13)8-10-4-5-11-8/h4-6H,1-3H3,(H,10,11)(H,12,13). The molecule has 14 heavy (non-hydrogen) atoms. The van der Waals surface area contributed by atoms with Crippen molar-refractivity contribution < 1.29 is 14.6 Å². The highest BCUT2D eigenvalue weighted by Crippen LogP contribution is 2.25. The monoisotopic (exact) mass is 198 g/mol. The quantitative estimate of drug-likeness (QED) is 0.749. The summed E-state index contributed by atoms with van der Waals surface area (Å²) in [6, 6.07) is 0. The van der Waals surface area contributed by atoms with Gasteiger partial charge in [0.15, 0.2) is 6.10 Å². The minimum Gasteiger partial charge on any atom is -0.479 e. The van der Waals surface area contributed by atoms with Gasteiger partial charge in [-0.2, -0.15) is 0 Å². The SMILES string of the molecule is COC(C(=O)O)C(C)(C)c1ncc[nH]1. The average molecular weight is 198 g/mol. The fourth-order valence-corrected chi connectivity index (χ4v) is 1.45. The van der Waals surface area contributed by atoms with Crippen LogP contribution < -0.4 is 0 Å². The largest absolute Gasteiger partial charge is 0.479 e. The van der Waals surface area contributed by atoms with E-state index in [0.717, 1.165) is 0 Å². The number of H-pyrrole nitrogens is 1. The van der Waals surface area contributed by atoms with Crippen LogP contribution in [-0.2, 0) is 14.9 Å². The third-order valence-electron chi connectivity index (χ3n) is 2.22. The molecule has 0 spiro atoms. The number of nitrogens with zero attached hydrogens (tertiary/aromatic N) is 1. The summed E-state index contributed by atoms with van der Waals surface area (Å²) in [6.45, 7) is 3.54. The summed E-state index contributed by atoms with van der Waals surface area (Å²) in [5.74, 6) is -0.388.